The number of anilines is 2. The third kappa shape index (κ3) is 6.18. The summed E-state index contributed by atoms with van der Waals surface area (Å²) < 4.78 is 5.10. The molecule has 0 saturated carbocycles. The molecule has 0 spiro atoms. The number of carbonyl (C=O) groups is 2. The Labute approximate surface area is 164 Å². The summed E-state index contributed by atoms with van der Waals surface area (Å²) in [5.41, 5.74) is 1.59. The summed E-state index contributed by atoms with van der Waals surface area (Å²) in [5.74, 6) is 0.421. The molecule has 2 amide bonds. The van der Waals surface area contributed by atoms with Gasteiger partial charge >= 0.3 is 0 Å². The zero-order valence-corrected chi connectivity index (χ0v) is 16.4. The second kappa shape index (κ2) is 9.83. The van der Waals surface area contributed by atoms with Gasteiger partial charge in [-0.05, 0) is 36.2 Å². The molecule has 0 heterocycles. The van der Waals surface area contributed by atoms with Crippen molar-refractivity contribution in [1.29, 1.82) is 0 Å². The van der Waals surface area contributed by atoms with Gasteiger partial charge in [0.2, 0.25) is 5.91 Å². The highest BCUT2D eigenvalue weighted by atomic mass is 35.5. The molecule has 144 valence electrons. The largest absolute Gasteiger partial charge is 0.495 e. The summed E-state index contributed by atoms with van der Waals surface area (Å²) >= 11 is 6.07. The summed E-state index contributed by atoms with van der Waals surface area (Å²) in [4.78, 5) is 24.6. The van der Waals surface area contributed by atoms with Crippen molar-refractivity contribution in [1.82, 2.24) is 5.32 Å². The minimum atomic E-state index is -0.272. The Bertz CT molecular complexity index is 809. The minimum Gasteiger partial charge on any atom is -0.495 e. The number of rotatable bonds is 8. The van der Waals surface area contributed by atoms with Crippen LogP contribution in [0.5, 0.6) is 5.75 Å². The van der Waals surface area contributed by atoms with Crippen LogP contribution in [0, 0.1) is 5.92 Å². The maximum atomic E-state index is 12.3. The van der Waals surface area contributed by atoms with Crippen LogP contribution in [0.15, 0.2) is 42.5 Å². The Kier molecular flexibility index (Phi) is 7.49. The first-order chi connectivity index (χ1) is 12.9. The third-order valence-corrected chi connectivity index (χ3v) is 4.02. The smallest absolute Gasteiger partial charge is 0.253 e. The second-order valence-corrected chi connectivity index (χ2v) is 6.81. The number of methoxy groups -OCH3 is 1. The Morgan fingerprint density at radius 2 is 1.89 bits per heavy atom. The van der Waals surface area contributed by atoms with Gasteiger partial charge in [0.1, 0.15) is 5.75 Å². The average Bonchev–Trinajstić information content (AvgIpc) is 2.65. The van der Waals surface area contributed by atoms with Gasteiger partial charge in [-0.1, -0.05) is 37.6 Å². The lowest BCUT2D eigenvalue weighted by molar-refractivity contribution is -0.114. The number of ether oxygens (including phenoxy) is 1. The quantitative estimate of drug-likeness (QED) is 0.641. The number of hydrogen-bond donors (Lipinski definition) is 3. The molecular formula is C20H24ClN3O3. The highest BCUT2D eigenvalue weighted by Gasteiger charge is 2.13. The molecule has 0 unspecified atom stereocenters. The molecule has 2 aromatic carbocycles. The number of halogens is 1. The minimum absolute atomic E-state index is 0.0323. The van der Waals surface area contributed by atoms with Gasteiger partial charge in [-0.3, -0.25) is 9.59 Å². The van der Waals surface area contributed by atoms with E-state index in [1.54, 1.807) is 42.5 Å². The van der Waals surface area contributed by atoms with Crippen molar-refractivity contribution in [2.75, 3.05) is 30.8 Å². The van der Waals surface area contributed by atoms with Crippen molar-refractivity contribution >= 4 is 34.8 Å². The van der Waals surface area contributed by atoms with E-state index in [-0.39, 0.29) is 18.4 Å². The van der Waals surface area contributed by atoms with Crippen LogP contribution in [-0.2, 0) is 4.79 Å². The van der Waals surface area contributed by atoms with Gasteiger partial charge in [0.15, 0.2) is 0 Å². The van der Waals surface area contributed by atoms with Crippen LogP contribution < -0.4 is 20.7 Å². The molecule has 2 aromatic rings. The predicted molar refractivity (Wildman–Crippen MR) is 109 cm³/mol. The van der Waals surface area contributed by atoms with Crippen molar-refractivity contribution in [2.45, 2.75) is 13.8 Å². The summed E-state index contributed by atoms with van der Waals surface area (Å²) in [6.45, 7) is 4.64. The maximum absolute atomic E-state index is 12.3. The summed E-state index contributed by atoms with van der Waals surface area (Å²) in [7, 11) is 1.54. The molecule has 0 fully saturated rings. The van der Waals surface area contributed by atoms with Gasteiger partial charge in [-0.25, -0.2) is 0 Å². The Morgan fingerprint density at radius 3 is 2.56 bits per heavy atom. The van der Waals surface area contributed by atoms with E-state index in [4.69, 9.17) is 16.3 Å². The standard InChI is InChI=1S/C20H24ClN3O3/c1-13(2)11-23-20(26)15-6-4-5-7-17(15)24-19(25)12-22-14-8-9-18(27-3)16(21)10-14/h4-10,13,22H,11-12H2,1-3H3,(H,23,26)(H,24,25). The zero-order valence-electron chi connectivity index (χ0n) is 15.6. The van der Waals surface area contributed by atoms with E-state index >= 15 is 0 Å². The van der Waals surface area contributed by atoms with Crippen LogP contribution >= 0.6 is 11.6 Å². The molecule has 0 aliphatic carbocycles. The van der Waals surface area contributed by atoms with Crippen molar-refractivity contribution in [3.05, 3.63) is 53.1 Å². The topological polar surface area (TPSA) is 79.5 Å². The number of carbonyl (C=O) groups excluding carboxylic acids is 2. The summed E-state index contributed by atoms with van der Waals surface area (Å²) in [6, 6.07) is 12.1. The van der Waals surface area contributed by atoms with Crippen molar-refractivity contribution in [2.24, 2.45) is 5.92 Å². The SMILES string of the molecule is COc1ccc(NCC(=O)Nc2ccccc2C(=O)NCC(C)C)cc1Cl. The van der Waals surface area contributed by atoms with Gasteiger partial charge in [-0.15, -0.1) is 0 Å². The van der Waals surface area contributed by atoms with Crippen LogP contribution in [0.2, 0.25) is 5.02 Å². The number of para-hydroxylation sites is 1. The lowest BCUT2D eigenvalue weighted by atomic mass is 10.1. The third-order valence-electron chi connectivity index (χ3n) is 3.72. The van der Waals surface area contributed by atoms with Gasteiger partial charge in [0.05, 0.1) is 29.9 Å². The first kappa shape index (κ1) is 20.6. The average molecular weight is 390 g/mol. The van der Waals surface area contributed by atoms with E-state index in [0.29, 0.717) is 40.2 Å². The van der Waals surface area contributed by atoms with E-state index in [0.717, 1.165) is 0 Å². The Hall–Kier alpha value is -2.73. The molecule has 3 N–H and O–H groups in total. The molecule has 6 nitrogen and oxygen atoms in total. The Morgan fingerprint density at radius 1 is 1.15 bits per heavy atom. The molecule has 0 aromatic heterocycles. The monoisotopic (exact) mass is 389 g/mol. The molecule has 0 radical (unpaired) electrons. The van der Waals surface area contributed by atoms with E-state index in [9.17, 15) is 9.59 Å². The molecule has 0 bridgehead atoms. The molecule has 7 heteroatoms. The van der Waals surface area contributed by atoms with Crippen LogP contribution in [0.4, 0.5) is 11.4 Å². The lowest BCUT2D eigenvalue weighted by Crippen LogP contribution is -2.29. The number of benzene rings is 2. The highest BCUT2D eigenvalue weighted by Crippen LogP contribution is 2.27. The summed E-state index contributed by atoms with van der Waals surface area (Å²) in [6.07, 6.45) is 0. The first-order valence-electron chi connectivity index (χ1n) is 8.65. The van der Waals surface area contributed by atoms with Crippen LogP contribution in [0.25, 0.3) is 0 Å². The van der Waals surface area contributed by atoms with E-state index in [1.165, 1.54) is 7.11 Å². The number of nitrogens with one attached hydrogen (secondary N) is 3. The molecule has 2 rings (SSSR count). The van der Waals surface area contributed by atoms with E-state index < -0.39 is 0 Å². The van der Waals surface area contributed by atoms with Gasteiger partial charge < -0.3 is 20.7 Å². The summed E-state index contributed by atoms with van der Waals surface area (Å²) in [5, 5.41) is 9.07. The normalized spacial score (nSPS) is 10.4. The maximum Gasteiger partial charge on any atom is 0.253 e. The fourth-order valence-electron chi connectivity index (χ4n) is 2.34. The van der Waals surface area contributed by atoms with Crippen LogP contribution in [0.3, 0.4) is 0 Å². The fraction of sp³-hybridized carbons (Fsp3) is 0.300. The Balaban J connectivity index is 1.97. The van der Waals surface area contributed by atoms with Crippen molar-refractivity contribution in [3.63, 3.8) is 0 Å². The molecular weight excluding hydrogens is 366 g/mol. The van der Waals surface area contributed by atoms with Gasteiger partial charge in [0.25, 0.3) is 5.91 Å². The molecule has 0 aliphatic heterocycles. The van der Waals surface area contributed by atoms with Gasteiger partial charge in [-0.2, -0.15) is 0 Å². The second-order valence-electron chi connectivity index (χ2n) is 6.40. The van der Waals surface area contributed by atoms with Crippen molar-refractivity contribution < 1.29 is 14.3 Å². The molecule has 0 aliphatic rings. The lowest BCUT2D eigenvalue weighted by Gasteiger charge is -2.13. The van der Waals surface area contributed by atoms with Gasteiger partial charge in [0, 0.05) is 12.2 Å². The molecule has 27 heavy (non-hydrogen) atoms. The van der Waals surface area contributed by atoms with Crippen molar-refractivity contribution in [3.8, 4) is 5.75 Å². The first-order valence-corrected chi connectivity index (χ1v) is 9.03. The zero-order chi connectivity index (χ0) is 19.8. The number of hydrogen-bond acceptors (Lipinski definition) is 4. The highest BCUT2D eigenvalue weighted by molar-refractivity contribution is 6.32. The predicted octanol–water partition coefficient (Wildman–Crippen LogP) is 3.79. The molecule has 0 saturated heterocycles. The van der Waals surface area contributed by atoms with E-state index in [1.807, 2.05) is 13.8 Å². The van der Waals surface area contributed by atoms with Crippen LogP contribution in [0.1, 0.15) is 24.2 Å². The molecule has 0 atom stereocenters. The number of amides is 2. The van der Waals surface area contributed by atoms with E-state index in [2.05, 4.69) is 16.0 Å². The van der Waals surface area contributed by atoms with Crippen LogP contribution in [-0.4, -0.2) is 32.0 Å². The fourth-order valence-corrected chi connectivity index (χ4v) is 2.59.